The molecule has 0 radical (unpaired) electrons. The normalized spacial score (nSPS) is 15.1. The smallest absolute Gasteiger partial charge is 0.261 e. The summed E-state index contributed by atoms with van der Waals surface area (Å²) in [6.07, 6.45) is 4.92. The summed E-state index contributed by atoms with van der Waals surface area (Å²) in [4.78, 5) is 0.526. The first-order valence-corrected chi connectivity index (χ1v) is 17.6. The van der Waals surface area contributed by atoms with E-state index in [1.807, 2.05) is 24.3 Å². The number of benzene rings is 4. The van der Waals surface area contributed by atoms with E-state index in [4.69, 9.17) is 11.6 Å². The fourth-order valence-electron chi connectivity index (χ4n) is 5.29. The van der Waals surface area contributed by atoms with Gasteiger partial charge in [-0.1, -0.05) is 72.3 Å². The Morgan fingerprint density at radius 2 is 0.909 bits per heavy atom. The quantitative estimate of drug-likeness (QED) is 0.203. The average molecular weight is 651 g/mol. The summed E-state index contributed by atoms with van der Waals surface area (Å²) < 4.78 is 68.2. The highest BCUT2D eigenvalue weighted by Crippen LogP contribution is 2.34. The molecule has 0 fully saturated rings. The molecule has 6 nitrogen and oxygen atoms in total. The lowest BCUT2D eigenvalue weighted by Gasteiger charge is -2.12. The van der Waals surface area contributed by atoms with Crippen molar-refractivity contribution in [3.63, 3.8) is 0 Å². The molecule has 0 atom stereocenters. The molecule has 2 aliphatic rings. The van der Waals surface area contributed by atoms with Crippen LogP contribution < -0.4 is 9.44 Å². The van der Waals surface area contributed by atoms with Gasteiger partial charge in [-0.15, -0.1) is 0 Å². The molecule has 0 unspecified atom stereocenters. The van der Waals surface area contributed by atoms with E-state index in [9.17, 15) is 21.2 Å². The summed E-state index contributed by atoms with van der Waals surface area (Å²) in [6.45, 7) is 0. The maximum Gasteiger partial charge on any atom is 0.261 e. The molecule has 0 saturated heterocycles. The predicted octanol–water partition coefficient (Wildman–Crippen LogP) is 7.91. The van der Waals surface area contributed by atoms with E-state index in [-0.39, 0.29) is 15.6 Å². The predicted molar refractivity (Wildman–Crippen MR) is 173 cm³/mol. The van der Waals surface area contributed by atoms with Crippen molar-refractivity contribution in [2.45, 2.75) is 48.3 Å². The number of hydrogen-bond donors (Lipinski definition) is 2. The number of sulfonamides is 2. The van der Waals surface area contributed by atoms with Crippen molar-refractivity contribution in [1.29, 1.82) is 0 Å². The molecule has 0 bridgehead atoms. The summed E-state index contributed by atoms with van der Waals surface area (Å²) in [5.41, 5.74) is 5.37. The highest BCUT2D eigenvalue weighted by Gasteiger charge is 2.23. The number of allylic oxidation sites excluding steroid dienone is 4. The Bertz CT molecular complexity index is 1740. The van der Waals surface area contributed by atoms with Crippen LogP contribution in [-0.4, -0.2) is 16.8 Å². The third kappa shape index (κ3) is 7.77. The fourth-order valence-corrected chi connectivity index (χ4v) is 7.79. The molecule has 0 heterocycles. The van der Waals surface area contributed by atoms with Gasteiger partial charge >= 0.3 is 0 Å². The maximum atomic E-state index is 13.0. The van der Waals surface area contributed by atoms with Crippen molar-refractivity contribution in [2.75, 3.05) is 0 Å². The molecule has 2 N–H and O–H groups in total. The second-order valence-corrected chi connectivity index (χ2v) is 14.3. The molecule has 0 spiro atoms. The lowest BCUT2D eigenvalue weighted by atomic mass is 10.1. The highest BCUT2D eigenvalue weighted by molar-refractivity contribution is 7.90. The molecule has 0 amide bonds. The zero-order valence-corrected chi connectivity index (χ0v) is 26.2. The highest BCUT2D eigenvalue weighted by atomic mass is 35.5. The van der Waals surface area contributed by atoms with Crippen LogP contribution in [0.15, 0.2) is 130 Å². The van der Waals surface area contributed by atoms with Crippen molar-refractivity contribution in [3.8, 4) is 0 Å². The van der Waals surface area contributed by atoms with Crippen molar-refractivity contribution >= 4 is 42.8 Å². The number of halogens is 2. The molecule has 4 aromatic rings. The fraction of sp³-hybridized carbons (Fsp3) is 0.176. The Kier molecular flexibility index (Phi) is 9.88. The minimum Gasteiger partial charge on any atom is -0.283 e. The summed E-state index contributed by atoms with van der Waals surface area (Å²) in [7, 11) is -7.10. The first-order chi connectivity index (χ1) is 21.1. The second-order valence-electron chi connectivity index (χ2n) is 10.5. The zero-order chi connectivity index (χ0) is 31.2. The van der Waals surface area contributed by atoms with Crippen LogP contribution in [0.4, 0.5) is 4.39 Å². The molecule has 2 aliphatic carbocycles. The van der Waals surface area contributed by atoms with Crippen LogP contribution in [-0.2, 0) is 20.0 Å². The Labute approximate surface area is 263 Å². The van der Waals surface area contributed by atoms with Gasteiger partial charge in [-0.2, -0.15) is 0 Å². The van der Waals surface area contributed by atoms with Gasteiger partial charge in [0, 0.05) is 16.4 Å². The first kappa shape index (κ1) is 31.5. The Hall–Kier alpha value is -3.92. The minimum atomic E-state index is -3.57. The van der Waals surface area contributed by atoms with Crippen LogP contribution in [0.2, 0.25) is 5.02 Å². The zero-order valence-electron chi connectivity index (χ0n) is 23.8. The molecule has 0 saturated carbocycles. The van der Waals surface area contributed by atoms with E-state index in [1.165, 1.54) is 12.1 Å². The van der Waals surface area contributed by atoms with E-state index < -0.39 is 20.0 Å². The van der Waals surface area contributed by atoms with Gasteiger partial charge in [0.05, 0.1) is 9.79 Å². The van der Waals surface area contributed by atoms with Gasteiger partial charge in [0.25, 0.3) is 20.0 Å². The standard InChI is InChI=1S/C17H16ClNO2S.C17H16FNO2S/c2*18-14-11-9-13(10-12-14)16-7-4-8-17(16)19-22(20,21)15-5-2-1-3-6-15/h2*1-3,5-6,9-12,19H,4,7-8H2. The second kappa shape index (κ2) is 13.8. The van der Waals surface area contributed by atoms with Crippen LogP contribution in [0.5, 0.6) is 0 Å². The van der Waals surface area contributed by atoms with Crippen molar-refractivity contribution in [1.82, 2.24) is 9.44 Å². The van der Waals surface area contributed by atoms with E-state index in [1.54, 1.807) is 72.8 Å². The minimum absolute atomic E-state index is 0.243. The van der Waals surface area contributed by atoms with E-state index in [0.717, 1.165) is 60.1 Å². The Balaban J connectivity index is 0.000000175. The molecule has 228 valence electrons. The van der Waals surface area contributed by atoms with Crippen LogP contribution in [0.3, 0.4) is 0 Å². The molecule has 0 aliphatic heterocycles. The third-order valence-corrected chi connectivity index (χ3v) is 10.5. The summed E-state index contributed by atoms with van der Waals surface area (Å²) >= 11 is 5.91. The van der Waals surface area contributed by atoms with E-state index in [2.05, 4.69) is 9.44 Å². The molecule has 0 aromatic heterocycles. The molecule has 6 rings (SSSR count). The summed E-state index contributed by atoms with van der Waals surface area (Å²) in [5, 5.41) is 0.675. The lowest BCUT2D eigenvalue weighted by Crippen LogP contribution is -2.23. The van der Waals surface area contributed by atoms with E-state index >= 15 is 0 Å². The molecular formula is C34H32ClFN2O4S2. The Morgan fingerprint density at radius 1 is 0.523 bits per heavy atom. The van der Waals surface area contributed by atoms with Gasteiger partial charge in [0.2, 0.25) is 0 Å². The monoisotopic (exact) mass is 650 g/mol. The van der Waals surface area contributed by atoms with Gasteiger partial charge < -0.3 is 0 Å². The van der Waals surface area contributed by atoms with Gasteiger partial charge in [-0.3, -0.25) is 9.44 Å². The largest absolute Gasteiger partial charge is 0.283 e. The SMILES string of the molecule is O=S(=O)(NC1=C(c2ccc(Cl)cc2)CCC1)c1ccccc1.O=S(=O)(NC1=C(c2ccc(F)cc2)CCC1)c1ccccc1. The van der Waals surface area contributed by atoms with Crippen LogP contribution >= 0.6 is 11.6 Å². The van der Waals surface area contributed by atoms with Crippen LogP contribution in [0.1, 0.15) is 49.7 Å². The van der Waals surface area contributed by atoms with Crippen molar-refractivity contribution in [3.05, 3.63) is 143 Å². The van der Waals surface area contributed by atoms with E-state index in [0.29, 0.717) is 17.1 Å². The van der Waals surface area contributed by atoms with Crippen molar-refractivity contribution < 1.29 is 21.2 Å². The van der Waals surface area contributed by atoms with Crippen LogP contribution in [0.25, 0.3) is 11.1 Å². The summed E-state index contributed by atoms with van der Waals surface area (Å²) in [5.74, 6) is -0.297. The molecular weight excluding hydrogens is 619 g/mol. The number of nitrogens with one attached hydrogen (secondary N) is 2. The van der Waals surface area contributed by atoms with Crippen molar-refractivity contribution in [2.24, 2.45) is 0 Å². The van der Waals surface area contributed by atoms with Gasteiger partial charge in [0.1, 0.15) is 5.82 Å². The average Bonchev–Trinajstić information content (AvgIpc) is 3.68. The van der Waals surface area contributed by atoms with Gasteiger partial charge in [-0.05, 0) is 109 Å². The number of hydrogen-bond acceptors (Lipinski definition) is 4. The lowest BCUT2D eigenvalue weighted by molar-refractivity contribution is 0.585. The molecule has 44 heavy (non-hydrogen) atoms. The number of rotatable bonds is 8. The van der Waals surface area contributed by atoms with Crippen LogP contribution in [0, 0.1) is 5.82 Å². The Morgan fingerprint density at radius 3 is 1.32 bits per heavy atom. The molecule has 10 heteroatoms. The maximum absolute atomic E-state index is 13.0. The van der Waals surface area contributed by atoms with Gasteiger partial charge in [0.15, 0.2) is 0 Å². The van der Waals surface area contributed by atoms with Gasteiger partial charge in [-0.25, -0.2) is 21.2 Å². The third-order valence-electron chi connectivity index (χ3n) is 7.44. The topological polar surface area (TPSA) is 92.3 Å². The molecule has 4 aromatic carbocycles. The first-order valence-electron chi connectivity index (χ1n) is 14.2. The summed E-state index contributed by atoms with van der Waals surface area (Å²) in [6, 6.07) is 30.4.